The summed E-state index contributed by atoms with van der Waals surface area (Å²) in [6.45, 7) is 6.90. The molecule has 2 aliphatic rings. The molecule has 0 N–H and O–H groups in total. The molecule has 0 unspecified atom stereocenters. The number of thiocarbonyl (C=S) groups is 2. The maximum atomic E-state index is 12.8. The van der Waals surface area contributed by atoms with Gasteiger partial charge in [0.2, 0.25) is 0 Å². The molecule has 0 amide bonds. The fraction of sp³-hybridized carbons (Fsp3) is 0.364. The first-order valence-electron chi connectivity index (χ1n) is 10.3. The van der Waals surface area contributed by atoms with Gasteiger partial charge in [0.25, 0.3) is 0 Å². The monoisotopic (exact) mass is 573 g/mol. The Labute approximate surface area is 226 Å². The molecule has 11 heteroatoms. The maximum absolute atomic E-state index is 12.8. The van der Waals surface area contributed by atoms with Crippen molar-refractivity contribution in [3.63, 3.8) is 0 Å². The molecule has 33 heavy (non-hydrogen) atoms. The molecular formula is C22H24CuF2N4S4. The molecule has 2 aromatic rings. The van der Waals surface area contributed by atoms with Crippen LogP contribution in [-0.4, -0.2) is 70.8 Å². The van der Waals surface area contributed by atoms with E-state index in [1.54, 1.807) is 24.3 Å². The van der Waals surface area contributed by atoms with E-state index in [0.29, 0.717) is 8.64 Å². The van der Waals surface area contributed by atoms with Crippen molar-refractivity contribution in [3.8, 4) is 0 Å². The van der Waals surface area contributed by atoms with Crippen LogP contribution in [-0.2, 0) is 42.3 Å². The van der Waals surface area contributed by atoms with E-state index in [0.717, 1.165) is 63.7 Å². The summed E-state index contributed by atoms with van der Waals surface area (Å²) in [4.78, 5) is 8.46. The maximum Gasteiger partial charge on any atom is 2.00 e. The van der Waals surface area contributed by atoms with Crippen LogP contribution in [0.5, 0.6) is 0 Å². The van der Waals surface area contributed by atoms with Gasteiger partial charge in [-0.15, -0.1) is 0 Å². The van der Waals surface area contributed by atoms with E-state index in [2.05, 4.69) is 9.80 Å². The Bertz CT molecular complexity index is 826. The molecule has 2 aliphatic heterocycles. The molecule has 2 aromatic carbocycles. The Morgan fingerprint density at radius 2 is 0.848 bits per heavy atom. The molecule has 0 spiro atoms. The minimum atomic E-state index is -0.200. The zero-order valence-electron chi connectivity index (χ0n) is 17.8. The number of nitrogens with zero attached hydrogens (tertiary/aromatic N) is 4. The van der Waals surface area contributed by atoms with Crippen molar-refractivity contribution in [1.82, 2.24) is 9.80 Å². The predicted molar refractivity (Wildman–Crippen MR) is 140 cm³/mol. The molecular weight excluding hydrogens is 550 g/mol. The van der Waals surface area contributed by atoms with Gasteiger partial charge in [0.05, 0.1) is 0 Å². The first kappa shape index (κ1) is 27.9. The third-order valence-electron chi connectivity index (χ3n) is 5.46. The minimum absolute atomic E-state index is 0. The molecule has 2 heterocycles. The van der Waals surface area contributed by atoms with Crippen LogP contribution in [0, 0.1) is 11.6 Å². The van der Waals surface area contributed by atoms with Gasteiger partial charge in [-0.2, -0.15) is 0 Å². The van der Waals surface area contributed by atoms with Crippen LogP contribution in [0.1, 0.15) is 0 Å². The van der Waals surface area contributed by atoms with Crippen molar-refractivity contribution in [3.05, 3.63) is 60.2 Å². The summed E-state index contributed by atoms with van der Waals surface area (Å²) >= 11 is 19.8. The Hall–Kier alpha value is -1.36. The molecule has 4 nitrogen and oxygen atoms in total. The van der Waals surface area contributed by atoms with Crippen LogP contribution in [0.15, 0.2) is 48.5 Å². The van der Waals surface area contributed by atoms with Crippen molar-refractivity contribution in [2.45, 2.75) is 0 Å². The number of halogens is 2. The Balaban J connectivity index is 0.000000227. The zero-order valence-corrected chi connectivity index (χ0v) is 22.0. The first-order valence-corrected chi connectivity index (χ1v) is 11.9. The molecule has 0 saturated carbocycles. The summed E-state index contributed by atoms with van der Waals surface area (Å²) in [5.41, 5.74) is 2.10. The standard InChI is InChI=1S/2C11H13FN2S2.Cu/c2*12-9-1-3-10(4-2-9)13-5-7-14(8-6-13)11(15)16;/h2*1-4H,5-8H2,(H,15,16);/q;;+2/p-2. The molecule has 0 atom stereocenters. The van der Waals surface area contributed by atoms with Crippen LogP contribution in [0.2, 0.25) is 0 Å². The largest absolute Gasteiger partial charge is 2.00 e. The van der Waals surface area contributed by atoms with Gasteiger partial charge >= 0.3 is 17.1 Å². The fourth-order valence-corrected chi connectivity index (χ4v) is 4.33. The number of hydrogen-bond donors (Lipinski definition) is 0. The molecule has 0 aromatic heterocycles. The summed E-state index contributed by atoms with van der Waals surface area (Å²) in [6, 6.07) is 13.2. The Morgan fingerprint density at radius 3 is 1.09 bits per heavy atom. The average molecular weight is 574 g/mol. The predicted octanol–water partition coefficient (Wildman–Crippen LogP) is 3.56. The van der Waals surface area contributed by atoms with Crippen molar-refractivity contribution < 1.29 is 25.8 Å². The van der Waals surface area contributed by atoms with E-state index < -0.39 is 0 Å². The van der Waals surface area contributed by atoms with Crippen LogP contribution < -0.4 is 9.80 Å². The normalized spacial score (nSPS) is 15.8. The average Bonchev–Trinajstić information content (AvgIpc) is 2.81. The number of rotatable bonds is 2. The van der Waals surface area contributed by atoms with Gasteiger partial charge in [-0.3, -0.25) is 0 Å². The van der Waals surface area contributed by atoms with Gasteiger partial charge in [-0.25, -0.2) is 8.78 Å². The Morgan fingerprint density at radius 1 is 0.576 bits per heavy atom. The van der Waals surface area contributed by atoms with E-state index in [-0.39, 0.29) is 28.7 Å². The second kappa shape index (κ2) is 13.5. The third kappa shape index (κ3) is 8.42. The van der Waals surface area contributed by atoms with Gasteiger partial charge in [0, 0.05) is 63.7 Å². The number of piperazine rings is 2. The minimum Gasteiger partial charge on any atom is -0.411 e. The molecule has 181 valence electrons. The smallest absolute Gasteiger partial charge is 0.411 e. The van der Waals surface area contributed by atoms with E-state index in [4.69, 9.17) is 49.7 Å². The van der Waals surface area contributed by atoms with Crippen molar-refractivity contribution >= 4 is 69.7 Å². The summed E-state index contributed by atoms with van der Waals surface area (Å²) in [5.74, 6) is -0.400. The SMILES string of the molecule is Fc1ccc(N2CCN(C(=S)[S-])CC2)cc1.Fc1ccc(N2CCN(C(=S)[S-])CC2)cc1.[Cu+2]. The van der Waals surface area contributed by atoms with Gasteiger partial charge in [0.15, 0.2) is 0 Å². The number of anilines is 2. The first-order chi connectivity index (χ1) is 15.3. The molecule has 0 aliphatic carbocycles. The van der Waals surface area contributed by atoms with E-state index in [1.165, 1.54) is 24.3 Å². The van der Waals surface area contributed by atoms with Crippen LogP contribution in [0.4, 0.5) is 20.2 Å². The molecule has 2 fully saturated rings. The molecule has 2 saturated heterocycles. The quantitative estimate of drug-likeness (QED) is 0.303. The second-order valence-corrected chi connectivity index (χ2v) is 9.50. The summed E-state index contributed by atoms with van der Waals surface area (Å²) in [6.07, 6.45) is 0. The molecule has 4 rings (SSSR count). The van der Waals surface area contributed by atoms with E-state index >= 15 is 0 Å². The summed E-state index contributed by atoms with van der Waals surface area (Å²) in [5, 5.41) is 0. The van der Waals surface area contributed by atoms with Crippen molar-refractivity contribution in [2.75, 3.05) is 62.2 Å². The second-order valence-electron chi connectivity index (χ2n) is 7.43. The van der Waals surface area contributed by atoms with Crippen LogP contribution in [0.3, 0.4) is 0 Å². The van der Waals surface area contributed by atoms with E-state index in [9.17, 15) is 8.78 Å². The number of hydrogen-bond acceptors (Lipinski definition) is 6. The fourth-order valence-electron chi connectivity index (χ4n) is 3.60. The van der Waals surface area contributed by atoms with Gasteiger partial charge in [0.1, 0.15) is 11.6 Å². The third-order valence-corrected chi connectivity index (χ3v) is 6.49. The number of benzene rings is 2. The molecule has 1 radical (unpaired) electrons. The summed E-state index contributed by atoms with van der Waals surface area (Å²) < 4.78 is 26.6. The van der Waals surface area contributed by atoms with Gasteiger partial charge in [-0.05, 0) is 48.5 Å². The van der Waals surface area contributed by atoms with Crippen molar-refractivity contribution in [1.29, 1.82) is 0 Å². The molecule has 0 bridgehead atoms. The van der Waals surface area contributed by atoms with Crippen LogP contribution >= 0.6 is 24.4 Å². The topological polar surface area (TPSA) is 13.0 Å². The van der Waals surface area contributed by atoms with Crippen LogP contribution in [0.25, 0.3) is 0 Å². The van der Waals surface area contributed by atoms with E-state index in [1.807, 2.05) is 9.80 Å². The summed E-state index contributed by atoms with van der Waals surface area (Å²) in [7, 11) is 0. The zero-order chi connectivity index (χ0) is 23.1. The van der Waals surface area contributed by atoms with Gasteiger partial charge < -0.3 is 69.3 Å². The Kier molecular flexibility index (Phi) is 11.4. The van der Waals surface area contributed by atoms with Gasteiger partial charge in [-0.1, -0.05) is 8.64 Å². The van der Waals surface area contributed by atoms with Crippen molar-refractivity contribution in [2.24, 2.45) is 0 Å².